The third-order valence-corrected chi connectivity index (χ3v) is 5.01. The smallest absolute Gasteiger partial charge is 0.319 e. The quantitative estimate of drug-likeness (QED) is 0.566. The number of benzene rings is 2. The van der Waals surface area contributed by atoms with E-state index in [2.05, 4.69) is 20.6 Å². The van der Waals surface area contributed by atoms with E-state index in [1.165, 1.54) is 11.8 Å². The van der Waals surface area contributed by atoms with E-state index in [1.807, 2.05) is 43.3 Å². The number of aryl methyl sites for hydroxylation is 1. The molecule has 2 amide bonds. The molecule has 0 aliphatic heterocycles. The number of carbonyl (C=O) groups excluding carboxylic acids is 1. The van der Waals surface area contributed by atoms with Crippen LogP contribution in [-0.2, 0) is 6.54 Å². The van der Waals surface area contributed by atoms with Crippen molar-refractivity contribution in [3.63, 3.8) is 0 Å². The first kappa shape index (κ1) is 20.5. The Labute approximate surface area is 173 Å². The van der Waals surface area contributed by atoms with Crippen molar-refractivity contribution < 1.29 is 14.3 Å². The average Bonchev–Trinajstić information content (AvgIpc) is 2.74. The summed E-state index contributed by atoms with van der Waals surface area (Å²) in [7, 11) is 3.19. The first-order valence-corrected chi connectivity index (χ1v) is 9.72. The maximum absolute atomic E-state index is 12.3. The molecule has 0 aliphatic rings. The fourth-order valence-electron chi connectivity index (χ4n) is 2.65. The average molecular weight is 410 g/mol. The number of rotatable bonds is 7. The van der Waals surface area contributed by atoms with Crippen LogP contribution in [0.15, 0.2) is 64.9 Å². The van der Waals surface area contributed by atoms with Crippen LogP contribution in [0.1, 0.15) is 11.1 Å². The Balaban J connectivity index is 1.61. The third-order valence-electron chi connectivity index (χ3n) is 4.12. The highest BCUT2D eigenvalue weighted by Crippen LogP contribution is 2.28. The zero-order valence-electron chi connectivity index (χ0n) is 16.4. The molecule has 0 radical (unpaired) electrons. The van der Waals surface area contributed by atoms with Gasteiger partial charge in [0, 0.05) is 35.1 Å². The van der Waals surface area contributed by atoms with Crippen LogP contribution in [0, 0.1) is 6.92 Å². The lowest BCUT2D eigenvalue weighted by Crippen LogP contribution is -2.28. The molecule has 0 saturated carbocycles. The van der Waals surface area contributed by atoms with E-state index in [9.17, 15) is 4.79 Å². The molecule has 2 aromatic carbocycles. The normalized spacial score (nSPS) is 10.3. The minimum atomic E-state index is -0.301. The summed E-state index contributed by atoms with van der Waals surface area (Å²) in [5, 5.41) is 6.40. The zero-order chi connectivity index (χ0) is 20.6. The first-order chi connectivity index (χ1) is 14.1. The molecule has 0 saturated heterocycles. The van der Waals surface area contributed by atoms with Gasteiger partial charge in [0.15, 0.2) is 5.16 Å². The van der Waals surface area contributed by atoms with E-state index in [0.717, 1.165) is 21.7 Å². The molecule has 150 valence electrons. The van der Waals surface area contributed by atoms with Crippen molar-refractivity contribution in [1.82, 2.24) is 15.3 Å². The van der Waals surface area contributed by atoms with Gasteiger partial charge in [-0.05, 0) is 66.7 Å². The van der Waals surface area contributed by atoms with E-state index in [-0.39, 0.29) is 6.03 Å². The van der Waals surface area contributed by atoms with Gasteiger partial charge < -0.3 is 20.1 Å². The molecule has 7 nitrogen and oxygen atoms in total. The molecule has 0 atom stereocenters. The van der Waals surface area contributed by atoms with Crippen molar-refractivity contribution >= 4 is 23.5 Å². The summed E-state index contributed by atoms with van der Waals surface area (Å²) in [6, 6.07) is 12.7. The van der Waals surface area contributed by atoms with Crippen LogP contribution in [0.5, 0.6) is 11.5 Å². The molecule has 1 aromatic heterocycles. The van der Waals surface area contributed by atoms with Gasteiger partial charge in [-0.1, -0.05) is 0 Å². The van der Waals surface area contributed by atoms with Crippen LogP contribution in [0.25, 0.3) is 0 Å². The molecule has 0 unspecified atom stereocenters. The predicted octanol–water partition coefficient (Wildman–Crippen LogP) is 4.28. The van der Waals surface area contributed by atoms with Gasteiger partial charge in [0.2, 0.25) is 0 Å². The molecule has 3 rings (SSSR count). The molecule has 0 spiro atoms. The van der Waals surface area contributed by atoms with Gasteiger partial charge in [0.25, 0.3) is 0 Å². The highest BCUT2D eigenvalue weighted by atomic mass is 32.2. The van der Waals surface area contributed by atoms with Crippen molar-refractivity contribution in [1.29, 1.82) is 0 Å². The van der Waals surface area contributed by atoms with Crippen molar-refractivity contribution in [3.05, 3.63) is 66.0 Å². The minimum absolute atomic E-state index is 0.301. The number of nitrogens with zero attached hydrogens (tertiary/aromatic N) is 2. The summed E-state index contributed by atoms with van der Waals surface area (Å²) in [6.07, 6.45) is 3.42. The van der Waals surface area contributed by atoms with Crippen molar-refractivity contribution in [2.75, 3.05) is 19.5 Å². The van der Waals surface area contributed by atoms with Gasteiger partial charge in [-0.15, -0.1) is 0 Å². The van der Waals surface area contributed by atoms with Gasteiger partial charge in [0.1, 0.15) is 11.5 Å². The number of aromatic nitrogens is 2. The number of nitrogens with one attached hydrogen (secondary N) is 2. The molecule has 2 N–H and O–H groups in total. The molecule has 29 heavy (non-hydrogen) atoms. The van der Waals surface area contributed by atoms with Crippen LogP contribution in [-0.4, -0.2) is 30.2 Å². The molecule has 0 aliphatic carbocycles. The van der Waals surface area contributed by atoms with Gasteiger partial charge in [0.05, 0.1) is 14.2 Å². The van der Waals surface area contributed by atoms with Crippen LogP contribution in [0.2, 0.25) is 0 Å². The summed E-state index contributed by atoms with van der Waals surface area (Å²) in [5.41, 5.74) is 2.51. The second-order valence-corrected chi connectivity index (χ2v) is 7.14. The molecular weight excluding hydrogens is 388 g/mol. The number of hydrogen-bond donors (Lipinski definition) is 2. The largest absolute Gasteiger partial charge is 0.497 e. The number of methoxy groups -OCH3 is 2. The Hall–Kier alpha value is -3.26. The first-order valence-electron chi connectivity index (χ1n) is 8.90. The van der Waals surface area contributed by atoms with Crippen molar-refractivity contribution in [2.45, 2.75) is 23.5 Å². The van der Waals surface area contributed by atoms with Gasteiger partial charge in [-0.3, -0.25) is 0 Å². The predicted molar refractivity (Wildman–Crippen MR) is 113 cm³/mol. The Kier molecular flexibility index (Phi) is 6.91. The van der Waals surface area contributed by atoms with E-state index in [1.54, 1.807) is 32.7 Å². The van der Waals surface area contributed by atoms with Gasteiger partial charge in [-0.25, -0.2) is 14.8 Å². The summed E-state index contributed by atoms with van der Waals surface area (Å²) in [4.78, 5) is 21.8. The summed E-state index contributed by atoms with van der Waals surface area (Å²) in [5.74, 6) is 1.39. The van der Waals surface area contributed by atoms with Gasteiger partial charge in [-0.2, -0.15) is 0 Å². The number of carbonyl (C=O) groups is 1. The molecule has 1 heterocycles. The fraction of sp³-hybridized carbons (Fsp3) is 0.190. The zero-order valence-corrected chi connectivity index (χ0v) is 17.2. The lowest BCUT2D eigenvalue weighted by atomic mass is 10.2. The lowest BCUT2D eigenvalue weighted by molar-refractivity contribution is 0.251. The van der Waals surface area contributed by atoms with Crippen LogP contribution in [0.4, 0.5) is 10.5 Å². The van der Waals surface area contributed by atoms with E-state index < -0.39 is 0 Å². The van der Waals surface area contributed by atoms with E-state index in [0.29, 0.717) is 23.2 Å². The second kappa shape index (κ2) is 9.79. The topological polar surface area (TPSA) is 85.4 Å². The summed E-state index contributed by atoms with van der Waals surface area (Å²) in [6.45, 7) is 2.25. The number of hydrogen-bond acceptors (Lipinski definition) is 6. The maximum Gasteiger partial charge on any atom is 0.319 e. The number of urea groups is 1. The van der Waals surface area contributed by atoms with E-state index >= 15 is 0 Å². The number of ether oxygens (including phenoxy) is 2. The minimum Gasteiger partial charge on any atom is -0.497 e. The monoisotopic (exact) mass is 410 g/mol. The third kappa shape index (κ3) is 5.61. The molecular formula is C21H22N4O3S. The highest BCUT2D eigenvalue weighted by Gasteiger charge is 2.09. The standard InChI is InChI=1S/C21H22N4O3S/c1-14-11-17(29-21-22-9-4-10-23-21)6-7-18(14)25-20(26)24-13-15-12-16(27-2)5-8-19(15)28-3/h4-12H,13H2,1-3H3,(H2,24,25,26). The summed E-state index contributed by atoms with van der Waals surface area (Å²) >= 11 is 1.47. The molecule has 0 fully saturated rings. The SMILES string of the molecule is COc1ccc(OC)c(CNC(=O)Nc2ccc(Sc3ncccn3)cc2C)c1. The Bertz CT molecular complexity index is 983. The number of anilines is 1. The molecule has 0 bridgehead atoms. The Morgan fingerprint density at radius 1 is 1.07 bits per heavy atom. The van der Waals surface area contributed by atoms with Crippen molar-refractivity contribution in [2.24, 2.45) is 0 Å². The van der Waals surface area contributed by atoms with Crippen LogP contribution >= 0.6 is 11.8 Å². The number of amides is 2. The molecule has 3 aromatic rings. The Morgan fingerprint density at radius 3 is 2.55 bits per heavy atom. The summed E-state index contributed by atoms with van der Waals surface area (Å²) < 4.78 is 10.6. The van der Waals surface area contributed by atoms with Crippen molar-refractivity contribution in [3.8, 4) is 11.5 Å². The highest BCUT2D eigenvalue weighted by molar-refractivity contribution is 7.99. The second-order valence-electron chi connectivity index (χ2n) is 6.10. The van der Waals surface area contributed by atoms with Gasteiger partial charge >= 0.3 is 6.03 Å². The van der Waals surface area contributed by atoms with E-state index in [4.69, 9.17) is 9.47 Å². The van der Waals surface area contributed by atoms with Crippen LogP contribution in [0.3, 0.4) is 0 Å². The molecule has 8 heteroatoms. The van der Waals surface area contributed by atoms with Crippen LogP contribution < -0.4 is 20.1 Å². The lowest BCUT2D eigenvalue weighted by Gasteiger charge is -2.13. The fourth-order valence-corrected chi connectivity index (χ4v) is 3.46. The Morgan fingerprint density at radius 2 is 1.86 bits per heavy atom. The maximum atomic E-state index is 12.3.